The van der Waals surface area contributed by atoms with Crippen LogP contribution in [0.15, 0.2) is 60.7 Å². The molecular weight excluding hydrogens is 651 g/mol. The van der Waals surface area contributed by atoms with Crippen molar-refractivity contribution in [2.24, 2.45) is 0 Å². The number of benzene rings is 2. The fraction of sp³-hybridized carbons (Fsp3) is 0.500. The van der Waals surface area contributed by atoms with E-state index in [0.717, 1.165) is 19.4 Å². The van der Waals surface area contributed by atoms with Crippen molar-refractivity contribution in [1.29, 1.82) is 0 Å². The molecule has 13 heteroatoms. The van der Waals surface area contributed by atoms with Gasteiger partial charge in [0.15, 0.2) is 6.61 Å². The second-order valence-electron chi connectivity index (χ2n) is 12.1. The van der Waals surface area contributed by atoms with Crippen molar-refractivity contribution < 1.29 is 27.8 Å². The van der Waals surface area contributed by atoms with E-state index in [-0.39, 0.29) is 67.1 Å². The molecule has 2 aromatic carbocycles. The first-order chi connectivity index (χ1) is 21.9. The zero-order valence-electron chi connectivity index (χ0n) is 26.7. The van der Waals surface area contributed by atoms with E-state index < -0.39 is 13.0 Å². The Balaban J connectivity index is 0.00000250. The van der Waals surface area contributed by atoms with Crippen molar-refractivity contribution in [3.63, 3.8) is 0 Å². The number of methoxy groups -OCH3 is 2. The van der Waals surface area contributed by atoms with Gasteiger partial charge in [-0.15, -0.1) is 24.8 Å². The summed E-state index contributed by atoms with van der Waals surface area (Å²) < 4.78 is 43.1. The van der Waals surface area contributed by atoms with Gasteiger partial charge in [0.05, 0.1) is 12.7 Å². The molecule has 256 valence electrons. The molecular formula is C34H43Cl2F2N5O4. The van der Waals surface area contributed by atoms with Crippen molar-refractivity contribution >= 4 is 30.7 Å². The summed E-state index contributed by atoms with van der Waals surface area (Å²) >= 11 is 0. The van der Waals surface area contributed by atoms with Gasteiger partial charge in [-0.3, -0.25) is 14.6 Å². The van der Waals surface area contributed by atoms with E-state index in [9.17, 15) is 13.6 Å². The largest absolute Gasteiger partial charge is 0.481 e. The number of hydrogen-bond acceptors (Lipinski definition) is 8. The second-order valence-corrected chi connectivity index (χ2v) is 12.1. The van der Waals surface area contributed by atoms with Crippen LogP contribution in [-0.2, 0) is 16.1 Å². The predicted molar refractivity (Wildman–Crippen MR) is 179 cm³/mol. The minimum Gasteiger partial charge on any atom is -0.481 e. The summed E-state index contributed by atoms with van der Waals surface area (Å²) in [6.07, 6.45) is -0.715. The maximum Gasteiger partial charge on any atom is 0.272 e. The molecule has 0 radical (unpaired) electrons. The number of carbonyl (C=O) groups excluding carboxylic acids is 1. The van der Waals surface area contributed by atoms with Crippen molar-refractivity contribution in [1.82, 2.24) is 24.7 Å². The van der Waals surface area contributed by atoms with E-state index in [1.807, 2.05) is 17.0 Å². The molecule has 2 unspecified atom stereocenters. The molecule has 1 saturated carbocycles. The van der Waals surface area contributed by atoms with E-state index in [1.165, 1.54) is 18.2 Å². The number of hydrogen-bond donors (Lipinski definition) is 0. The Morgan fingerprint density at radius 3 is 2.11 bits per heavy atom. The van der Waals surface area contributed by atoms with Crippen molar-refractivity contribution in [3.8, 4) is 11.8 Å². The van der Waals surface area contributed by atoms with Gasteiger partial charge in [-0.05, 0) is 24.0 Å². The van der Waals surface area contributed by atoms with Gasteiger partial charge < -0.3 is 19.1 Å². The minimum atomic E-state index is -2.63. The van der Waals surface area contributed by atoms with Gasteiger partial charge >= 0.3 is 0 Å². The predicted octanol–water partition coefficient (Wildman–Crippen LogP) is 5.03. The van der Waals surface area contributed by atoms with Gasteiger partial charge in [0, 0.05) is 70.3 Å². The Kier molecular flexibility index (Phi) is 13.2. The molecule has 2 aliphatic heterocycles. The Morgan fingerprint density at radius 1 is 0.894 bits per heavy atom. The third kappa shape index (κ3) is 8.69. The lowest BCUT2D eigenvalue weighted by Crippen LogP contribution is -2.67. The lowest BCUT2D eigenvalue weighted by Gasteiger charge is -2.53. The molecule has 3 aliphatic rings. The summed E-state index contributed by atoms with van der Waals surface area (Å²) in [6, 6.07) is 21.1. The Bertz CT molecular complexity index is 1400. The number of halogens is 4. The van der Waals surface area contributed by atoms with E-state index in [0.29, 0.717) is 50.0 Å². The van der Waals surface area contributed by atoms with E-state index >= 15 is 0 Å². The fourth-order valence-electron chi connectivity index (χ4n) is 6.81. The number of aromatic nitrogens is 2. The number of rotatable bonds is 12. The quantitative estimate of drug-likeness (QED) is 0.262. The molecule has 9 nitrogen and oxygen atoms in total. The van der Waals surface area contributed by atoms with Crippen LogP contribution in [0.2, 0.25) is 0 Å². The zero-order valence-corrected chi connectivity index (χ0v) is 28.3. The molecule has 3 fully saturated rings. The lowest BCUT2D eigenvalue weighted by molar-refractivity contribution is -0.140. The Morgan fingerprint density at radius 2 is 1.53 bits per heavy atom. The monoisotopic (exact) mass is 693 g/mol. The molecule has 47 heavy (non-hydrogen) atoms. The number of fused-ring (bicyclic) bond motifs is 1. The van der Waals surface area contributed by atoms with Gasteiger partial charge in [0.1, 0.15) is 12.4 Å². The molecule has 2 atom stereocenters. The fourth-order valence-corrected chi connectivity index (χ4v) is 6.81. The van der Waals surface area contributed by atoms with E-state index in [1.54, 1.807) is 7.11 Å². The maximum absolute atomic E-state index is 13.3. The smallest absolute Gasteiger partial charge is 0.272 e. The first-order valence-electron chi connectivity index (χ1n) is 15.7. The lowest BCUT2D eigenvalue weighted by atomic mass is 9.81. The van der Waals surface area contributed by atoms with Crippen LogP contribution in [-0.4, -0.2) is 109 Å². The molecule has 2 saturated heterocycles. The molecule has 3 heterocycles. The molecule has 0 N–H and O–H groups in total. The normalized spacial score (nSPS) is 19.9. The highest BCUT2D eigenvalue weighted by Gasteiger charge is 2.43. The van der Waals surface area contributed by atoms with Gasteiger partial charge in [-0.2, -0.15) is 9.97 Å². The number of amides is 1. The molecule has 0 bridgehead atoms. The van der Waals surface area contributed by atoms with E-state index in [2.05, 4.69) is 68.3 Å². The molecule has 1 aromatic heterocycles. The first-order valence-corrected chi connectivity index (χ1v) is 15.7. The van der Waals surface area contributed by atoms with Crippen molar-refractivity contribution in [2.75, 3.05) is 60.2 Å². The van der Waals surface area contributed by atoms with Crippen LogP contribution in [0.25, 0.3) is 0 Å². The summed E-state index contributed by atoms with van der Waals surface area (Å²) in [5.41, 5.74) is 2.99. The van der Waals surface area contributed by atoms with Crippen molar-refractivity contribution in [3.05, 3.63) is 83.2 Å². The van der Waals surface area contributed by atoms with Crippen molar-refractivity contribution in [2.45, 2.75) is 49.7 Å². The highest BCUT2D eigenvalue weighted by atomic mass is 35.5. The average Bonchev–Trinajstić information content (AvgIpc) is 3.91. The van der Waals surface area contributed by atoms with Crippen LogP contribution >= 0.6 is 24.8 Å². The van der Waals surface area contributed by atoms with Gasteiger partial charge in [0.2, 0.25) is 17.7 Å². The van der Waals surface area contributed by atoms with Crippen LogP contribution in [0.4, 0.5) is 8.78 Å². The second kappa shape index (κ2) is 16.8. The topological polar surface area (TPSA) is 80.3 Å². The number of nitrogens with zero attached hydrogens (tertiary/aromatic N) is 5. The summed E-state index contributed by atoms with van der Waals surface area (Å²) in [5.74, 6) is 1.33. The standard InChI is InChI=1S/C34H41F2N5O4.2ClH/c1-43-22-30(42)40-15-16-41-26(18-40)17-39(20-28(41)31(23-9-5-3-6-10-23)24-11-7-4-8-12-24)19-27-33(44-2)37-32(25-13-14-25)38-34(27)45-21-29(35)36;;/h3-12,25-26,28-29,31H,13-22H2,1-2H3;2*1H. The van der Waals surface area contributed by atoms with Gasteiger partial charge in [-0.25, -0.2) is 8.78 Å². The average molecular weight is 695 g/mol. The van der Waals surface area contributed by atoms with Gasteiger partial charge in [0.25, 0.3) is 6.43 Å². The third-order valence-electron chi connectivity index (χ3n) is 9.00. The minimum absolute atomic E-state index is 0. The molecule has 1 amide bonds. The van der Waals surface area contributed by atoms with Gasteiger partial charge in [-0.1, -0.05) is 60.7 Å². The van der Waals surface area contributed by atoms with Crippen LogP contribution in [0, 0.1) is 0 Å². The first kappa shape index (κ1) is 36.7. The number of alkyl halides is 2. The van der Waals surface area contributed by atoms with E-state index in [4.69, 9.17) is 14.2 Å². The van der Waals surface area contributed by atoms with Crippen LogP contribution < -0.4 is 9.47 Å². The third-order valence-corrected chi connectivity index (χ3v) is 9.00. The number of carbonyl (C=O) groups is 1. The molecule has 1 aliphatic carbocycles. The summed E-state index contributed by atoms with van der Waals surface area (Å²) in [6.45, 7) is 2.93. The maximum atomic E-state index is 13.3. The highest BCUT2D eigenvalue weighted by Crippen LogP contribution is 2.41. The Labute approximate surface area is 287 Å². The highest BCUT2D eigenvalue weighted by molar-refractivity contribution is 5.85. The number of ether oxygens (including phenoxy) is 3. The van der Waals surface area contributed by atoms with Crippen LogP contribution in [0.1, 0.15) is 47.2 Å². The SMILES string of the molecule is COCC(=O)N1CCN2C(CN(Cc3c(OC)nc(C4CC4)nc3OCC(F)F)CC2C(c2ccccc2)c2ccccc2)C1.Cl.Cl. The summed E-state index contributed by atoms with van der Waals surface area (Å²) in [5, 5.41) is 0. The molecule has 0 spiro atoms. The zero-order chi connectivity index (χ0) is 31.3. The summed E-state index contributed by atoms with van der Waals surface area (Å²) in [7, 11) is 3.08. The van der Waals surface area contributed by atoms with Crippen LogP contribution in [0.5, 0.6) is 11.8 Å². The van der Waals surface area contributed by atoms with Crippen LogP contribution in [0.3, 0.4) is 0 Å². The summed E-state index contributed by atoms with van der Waals surface area (Å²) in [4.78, 5) is 29.0. The Hall–Kier alpha value is -3.09. The molecule has 6 rings (SSSR count). The molecule has 3 aromatic rings. The number of piperazine rings is 2.